The Kier molecular flexibility index (Phi) is 4.29. The molecule has 2 nitrogen and oxygen atoms in total. The van der Waals surface area contributed by atoms with Crippen LogP contribution in [-0.2, 0) is 12.0 Å². The summed E-state index contributed by atoms with van der Waals surface area (Å²) in [7, 11) is 0. The van der Waals surface area contributed by atoms with Crippen LogP contribution >= 0.6 is 11.6 Å². The predicted molar refractivity (Wildman–Crippen MR) is 78.7 cm³/mol. The molecule has 2 rings (SSSR count). The van der Waals surface area contributed by atoms with E-state index in [1.807, 2.05) is 18.2 Å². The molecule has 2 aromatic rings. The van der Waals surface area contributed by atoms with Gasteiger partial charge in [-0.05, 0) is 35.2 Å². The molecule has 1 heterocycles. The average molecular weight is 294 g/mol. The first kappa shape index (κ1) is 14.8. The van der Waals surface area contributed by atoms with Crippen molar-refractivity contribution < 1.29 is 9.13 Å². The molecule has 0 amide bonds. The van der Waals surface area contributed by atoms with Crippen LogP contribution in [0.2, 0.25) is 5.02 Å². The highest BCUT2D eigenvalue weighted by Gasteiger charge is 2.15. The second-order valence-corrected chi connectivity index (χ2v) is 6.04. The minimum Gasteiger partial charge on any atom is -0.486 e. The fraction of sp³-hybridized carbons (Fsp3) is 0.312. The molecule has 0 unspecified atom stereocenters. The van der Waals surface area contributed by atoms with E-state index >= 15 is 0 Å². The smallest absolute Gasteiger partial charge is 0.213 e. The summed E-state index contributed by atoms with van der Waals surface area (Å²) in [5.74, 6) is 0.0611. The maximum absolute atomic E-state index is 13.0. The number of hydrogen-bond acceptors (Lipinski definition) is 2. The zero-order valence-electron chi connectivity index (χ0n) is 11.8. The van der Waals surface area contributed by atoms with Crippen molar-refractivity contribution in [1.29, 1.82) is 0 Å². The Morgan fingerprint density at radius 1 is 1.20 bits per heavy atom. The third-order valence-electron chi connectivity index (χ3n) is 2.95. The summed E-state index contributed by atoms with van der Waals surface area (Å²) in [6.07, 6.45) is 0. The van der Waals surface area contributed by atoms with Gasteiger partial charge in [0.1, 0.15) is 12.4 Å². The van der Waals surface area contributed by atoms with Crippen LogP contribution in [0, 0.1) is 5.95 Å². The minimum absolute atomic E-state index is 0.0340. The fourth-order valence-corrected chi connectivity index (χ4v) is 2.00. The Morgan fingerprint density at radius 3 is 2.55 bits per heavy atom. The van der Waals surface area contributed by atoms with Gasteiger partial charge in [-0.15, -0.1) is 0 Å². The number of pyridine rings is 1. The molecule has 0 saturated heterocycles. The molecular formula is C16H17ClFNO. The second kappa shape index (κ2) is 5.80. The molecule has 1 aromatic heterocycles. The summed E-state index contributed by atoms with van der Waals surface area (Å²) in [5, 5.41) is 0.550. The summed E-state index contributed by atoms with van der Waals surface area (Å²) in [4.78, 5) is 3.74. The van der Waals surface area contributed by atoms with E-state index in [9.17, 15) is 4.39 Å². The van der Waals surface area contributed by atoms with Crippen LogP contribution in [0.5, 0.6) is 5.75 Å². The van der Waals surface area contributed by atoms with Gasteiger partial charge >= 0.3 is 0 Å². The van der Waals surface area contributed by atoms with Crippen LogP contribution < -0.4 is 4.74 Å². The van der Waals surface area contributed by atoms with Crippen LogP contribution in [-0.4, -0.2) is 4.98 Å². The highest BCUT2D eigenvalue weighted by atomic mass is 35.5. The topological polar surface area (TPSA) is 22.1 Å². The zero-order chi connectivity index (χ0) is 14.8. The Bertz CT molecular complexity index is 608. The maximum Gasteiger partial charge on any atom is 0.213 e. The number of aromatic nitrogens is 1. The molecule has 0 spiro atoms. The van der Waals surface area contributed by atoms with Crippen molar-refractivity contribution in [1.82, 2.24) is 4.98 Å². The monoisotopic (exact) mass is 293 g/mol. The number of rotatable bonds is 3. The molecule has 0 bridgehead atoms. The lowest BCUT2D eigenvalue weighted by Gasteiger charge is -2.20. The summed E-state index contributed by atoms with van der Waals surface area (Å²) in [6, 6.07) is 10.3. The number of hydrogen-bond donors (Lipinski definition) is 0. The van der Waals surface area contributed by atoms with E-state index in [1.165, 1.54) is 6.07 Å². The van der Waals surface area contributed by atoms with Crippen LogP contribution in [0.25, 0.3) is 0 Å². The average Bonchev–Trinajstić information content (AvgIpc) is 2.36. The molecule has 4 heteroatoms. The van der Waals surface area contributed by atoms with E-state index in [2.05, 4.69) is 25.8 Å². The van der Waals surface area contributed by atoms with E-state index in [1.54, 1.807) is 12.1 Å². The molecule has 106 valence electrons. The predicted octanol–water partition coefficient (Wildman–Crippen LogP) is 4.75. The van der Waals surface area contributed by atoms with Crippen molar-refractivity contribution in [3.8, 4) is 5.75 Å². The maximum atomic E-state index is 13.0. The van der Waals surface area contributed by atoms with Gasteiger partial charge in [-0.25, -0.2) is 4.98 Å². The van der Waals surface area contributed by atoms with Crippen molar-refractivity contribution in [3.63, 3.8) is 0 Å². The fourth-order valence-electron chi connectivity index (χ4n) is 1.77. The van der Waals surface area contributed by atoms with Gasteiger partial charge in [0.05, 0.1) is 10.7 Å². The number of ether oxygens (including phenoxy) is 1. The van der Waals surface area contributed by atoms with Gasteiger partial charge in [0.15, 0.2) is 0 Å². The molecular weight excluding hydrogens is 277 g/mol. The summed E-state index contributed by atoms with van der Waals surface area (Å²) in [5.41, 5.74) is 1.70. The normalized spacial score (nSPS) is 11.4. The third kappa shape index (κ3) is 3.70. The lowest BCUT2D eigenvalue weighted by atomic mass is 9.87. The first-order valence-electron chi connectivity index (χ1n) is 6.40. The Morgan fingerprint density at radius 2 is 1.95 bits per heavy atom. The van der Waals surface area contributed by atoms with Gasteiger partial charge < -0.3 is 4.74 Å². The number of benzene rings is 1. The number of nitrogens with zero attached hydrogens (tertiary/aromatic N) is 1. The molecule has 0 saturated carbocycles. The van der Waals surface area contributed by atoms with Crippen LogP contribution in [0.3, 0.4) is 0 Å². The van der Waals surface area contributed by atoms with Crippen molar-refractivity contribution >= 4 is 11.6 Å². The van der Waals surface area contributed by atoms with Crippen molar-refractivity contribution in [2.45, 2.75) is 32.8 Å². The number of halogens is 2. The molecule has 0 atom stereocenters. The zero-order valence-corrected chi connectivity index (χ0v) is 12.5. The third-order valence-corrected chi connectivity index (χ3v) is 3.24. The molecule has 1 aromatic carbocycles. The highest BCUT2D eigenvalue weighted by Crippen LogP contribution is 2.31. The summed E-state index contributed by atoms with van der Waals surface area (Å²) < 4.78 is 18.5. The molecule has 0 fully saturated rings. The van der Waals surface area contributed by atoms with E-state index in [0.717, 1.165) is 5.56 Å². The molecule has 0 aliphatic heterocycles. The van der Waals surface area contributed by atoms with Crippen LogP contribution in [0.15, 0.2) is 36.4 Å². The van der Waals surface area contributed by atoms with E-state index in [4.69, 9.17) is 16.3 Å². The first-order valence-corrected chi connectivity index (χ1v) is 6.78. The lowest BCUT2D eigenvalue weighted by Crippen LogP contribution is -2.11. The summed E-state index contributed by atoms with van der Waals surface area (Å²) in [6.45, 7) is 6.55. The molecule has 0 N–H and O–H groups in total. The van der Waals surface area contributed by atoms with Gasteiger partial charge in [0.25, 0.3) is 0 Å². The SMILES string of the molecule is CC(C)(C)c1ccc(OCc2cccc(F)n2)c(Cl)c1. The Hall–Kier alpha value is -1.61. The molecule has 0 aliphatic carbocycles. The highest BCUT2D eigenvalue weighted by molar-refractivity contribution is 6.32. The van der Waals surface area contributed by atoms with Crippen molar-refractivity contribution in [3.05, 3.63) is 58.6 Å². The molecule has 0 aliphatic rings. The quantitative estimate of drug-likeness (QED) is 0.762. The van der Waals surface area contributed by atoms with Gasteiger partial charge in [0.2, 0.25) is 5.95 Å². The minimum atomic E-state index is -0.514. The molecule has 0 radical (unpaired) electrons. The van der Waals surface area contributed by atoms with Gasteiger partial charge in [-0.3, -0.25) is 0 Å². The van der Waals surface area contributed by atoms with Gasteiger partial charge in [-0.1, -0.05) is 44.5 Å². The summed E-state index contributed by atoms with van der Waals surface area (Å²) >= 11 is 6.21. The molecule has 20 heavy (non-hydrogen) atoms. The Labute approximate surface area is 123 Å². The largest absolute Gasteiger partial charge is 0.486 e. The van der Waals surface area contributed by atoms with E-state index in [0.29, 0.717) is 16.5 Å². The van der Waals surface area contributed by atoms with Crippen LogP contribution in [0.4, 0.5) is 4.39 Å². The second-order valence-electron chi connectivity index (χ2n) is 5.64. The lowest BCUT2D eigenvalue weighted by molar-refractivity contribution is 0.299. The first-order chi connectivity index (χ1) is 9.36. The van der Waals surface area contributed by atoms with Crippen molar-refractivity contribution in [2.24, 2.45) is 0 Å². The van der Waals surface area contributed by atoms with Gasteiger partial charge in [-0.2, -0.15) is 4.39 Å². The van der Waals surface area contributed by atoms with Crippen molar-refractivity contribution in [2.75, 3.05) is 0 Å². The van der Waals surface area contributed by atoms with Crippen LogP contribution in [0.1, 0.15) is 32.0 Å². The standard InChI is InChI=1S/C16H17ClFNO/c1-16(2,3)11-7-8-14(13(17)9-11)20-10-12-5-4-6-15(18)19-12/h4-9H,10H2,1-3H3. The van der Waals surface area contributed by atoms with Gasteiger partial charge in [0, 0.05) is 0 Å². The Balaban J connectivity index is 2.11. The van der Waals surface area contributed by atoms with E-state index < -0.39 is 5.95 Å². The van der Waals surface area contributed by atoms with E-state index in [-0.39, 0.29) is 12.0 Å².